The van der Waals surface area contributed by atoms with Crippen LogP contribution in [-0.2, 0) is 0 Å². The van der Waals surface area contributed by atoms with E-state index in [0.717, 1.165) is 12.5 Å². The molecule has 5 heteroatoms. The van der Waals surface area contributed by atoms with Gasteiger partial charge in [0.25, 0.3) is 0 Å². The van der Waals surface area contributed by atoms with Crippen molar-refractivity contribution in [2.45, 2.75) is 38.8 Å². The van der Waals surface area contributed by atoms with Crippen LogP contribution in [0.5, 0.6) is 0 Å². The number of nitrogens with zero attached hydrogens (tertiary/aromatic N) is 4. The lowest BCUT2D eigenvalue weighted by Crippen LogP contribution is -2.38. The van der Waals surface area contributed by atoms with Gasteiger partial charge >= 0.3 is 0 Å². The van der Waals surface area contributed by atoms with Crippen LogP contribution in [0.3, 0.4) is 0 Å². The van der Waals surface area contributed by atoms with Gasteiger partial charge in [-0.25, -0.2) is 0 Å². The standard InChI is InChI=1S/C16H31N5/c1-13(2)21-12-15(10-18-21)16(9-17)20(4)11-14-5-7-19(3)8-6-14/h10,12-14,16H,5-9,11,17H2,1-4H3. The second-order valence-corrected chi connectivity index (χ2v) is 6.79. The fourth-order valence-corrected chi connectivity index (χ4v) is 3.16. The summed E-state index contributed by atoms with van der Waals surface area (Å²) in [4.78, 5) is 4.83. The maximum absolute atomic E-state index is 6.03. The Kier molecular flexibility index (Phi) is 5.79. The molecule has 0 aromatic carbocycles. The molecule has 2 rings (SSSR count). The zero-order valence-electron chi connectivity index (χ0n) is 14.0. The minimum Gasteiger partial charge on any atom is -0.329 e. The van der Waals surface area contributed by atoms with E-state index >= 15 is 0 Å². The normalized spacial score (nSPS) is 19.6. The molecule has 21 heavy (non-hydrogen) atoms. The molecule has 1 aromatic heterocycles. The van der Waals surface area contributed by atoms with Gasteiger partial charge in [0, 0.05) is 36.9 Å². The van der Waals surface area contributed by atoms with Gasteiger partial charge in [0.05, 0.1) is 6.20 Å². The molecule has 1 aliphatic rings. The summed E-state index contributed by atoms with van der Waals surface area (Å²) in [6, 6.07) is 0.675. The number of likely N-dealkylation sites (N-methyl/N-ethyl adjacent to an activating group) is 1. The zero-order chi connectivity index (χ0) is 15.4. The Morgan fingerprint density at radius 3 is 2.57 bits per heavy atom. The average molecular weight is 293 g/mol. The highest BCUT2D eigenvalue weighted by molar-refractivity contribution is 5.11. The van der Waals surface area contributed by atoms with Crippen molar-refractivity contribution in [1.29, 1.82) is 0 Å². The summed E-state index contributed by atoms with van der Waals surface area (Å²) in [5.41, 5.74) is 7.27. The highest BCUT2D eigenvalue weighted by Gasteiger charge is 2.23. The summed E-state index contributed by atoms with van der Waals surface area (Å²) < 4.78 is 2.02. The van der Waals surface area contributed by atoms with Crippen LogP contribution in [0.15, 0.2) is 12.4 Å². The van der Waals surface area contributed by atoms with Crippen molar-refractivity contribution in [2.75, 3.05) is 40.3 Å². The maximum atomic E-state index is 6.03. The van der Waals surface area contributed by atoms with Gasteiger partial charge in [-0.3, -0.25) is 9.58 Å². The van der Waals surface area contributed by atoms with Crippen LogP contribution in [0.4, 0.5) is 0 Å². The van der Waals surface area contributed by atoms with Crippen molar-refractivity contribution in [3.8, 4) is 0 Å². The van der Waals surface area contributed by atoms with E-state index in [0.29, 0.717) is 12.6 Å². The van der Waals surface area contributed by atoms with Gasteiger partial charge in [0.1, 0.15) is 0 Å². The second-order valence-electron chi connectivity index (χ2n) is 6.79. The fraction of sp³-hybridized carbons (Fsp3) is 0.812. The topological polar surface area (TPSA) is 50.3 Å². The first-order valence-corrected chi connectivity index (χ1v) is 8.14. The Morgan fingerprint density at radius 2 is 2.05 bits per heavy atom. The molecule has 0 aliphatic carbocycles. The Hall–Kier alpha value is -0.910. The van der Waals surface area contributed by atoms with Gasteiger partial charge in [0.2, 0.25) is 0 Å². The maximum Gasteiger partial charge on any atom is 0.0538 e. The number of aromatic nitrogens is 2. The molecule has 1 aromatic rings. The molecule has 0 spiro atoms. The van der Waals surface area contributed by atoms with Crippen molar-refractivity contribution in [2.24, 2.45) is 11.7 Å². The molecule has 0 radical (unpaired) electrons. The number of hydrogen-bond acceptors (Lipinski definition) is 4. The van der Waals surface area contributed by atoms with E-state index in [1.807, 2.05) is 10.9 Å². The molecule has 0 saturated carbocycles. The Labute approximate surface area is 129 Å². The van der Waals surface area contributed by atoms with Gasteiger partial charge in [-0.1, -0.05) is 0 Å². The fourth-order valence-electron chi connectivity index (χ4n) is 3.16. The summed E-state index contributed by atoms with van der Waals surface area (Å²) in [5.74, 6) is 0.792. The lowest BCUT2D eigenvalue weighted by atomic mass is 9.95. The average Bonchev–Trinajstić information content (AvgIpc) is 2.92. The van der Waals surface area contributed by atoms with E-state index in [1.165, 1.54) is 31.5 Å². The van der Waals surface area contributed by atoms with Crippen LogP contribution >= 0.6 is 0 Å². The first kappa shape index (κ1) is 16.5. The zero-order valence-corrected chi connectivity index (χ0v) is 14.0. The highest BCUT2D eigenvalue weighted by Crippen LogP contribution is 2.23. The summed E-state index contributed by atoms with van der Waals surface area (Å²) >= 11 is 0. The van der Waals surface area contributed by atoms with E-state index in [1.54, 1.807) is 0 Å². The molecule has 1 unspecified atom stereocenters. The Bertz CT molecular complexity index is 420. The number of likely N-dealkylation sites (tertiary alicyclic amines) is 1. The molecular weight excluding hydrogens is 262 g/mol. The second kappa shape index (κ2) is 7.38. The number of piperidine rings is 1. The van der Waals surface area contributed by atoms with Crippen molar-refractivity contribution in [3.63, 3.8) is 0 Å². The molecule has 1 saturated heterocycles. The molecule has 2 heterocycles. The van der Waals surface area contributed by atoms with Gasteiger partial charge in [-0.15, -0.1) is 0 Å². The molecule has 2 N–H and O–H groups in total. The van der Waals surface area contributed by atoms with E-state index in [-0.39, 0.29) is 6.04 Å². The molecule has 120 valence electrons. The summed E-state index contributed by atoms with van der Waals surface area (Å²) in [6.07, 6.45) is 6.71. The molecule has 0 amide bonds. The van der Waals surface area contributed by atoms with Crippen molar-refractivity contribution in [3.05, 3.63) is 18.0 Å². The smallest absolute Gasteiger partial charge is 0.0538 e. The number of nitrogens with two attached hydrogens (primary N) is 1. The van der Waals surface area contributed by atoms with Crippen molar-refractivity contribution in [1.82, 2.24) is 19.6 Å². The molecule has 5 nitrogen and oxygen atoms in total. The first-order chi connectivity index (χ1) is 10.0. The SMILES string of the molecule is CC(C)n1cc(C(CN)N(C)CC2CCN(C)CC2)cn1. The number of hydrogen-bond donors (Lipinski definition) is 1. The van der Waals surface area contributed by atoms with Crippen LogP contribution in [0, 0.1) is 5.92 Å². The third-order valence-electron chi connectivity index (χ3n) is 4.67. The lowest BCUT2D eigenvalue weighted by molar-refractivity contribution is 0.151. The van der Waals surface area contributed by atoms with Crippen LogP contribution in [-0.4, -0.2) is 59.9 Å². The van der Waals surface area contributed by atoms with Crippen LogP contribution in [0.1, 0.15) is 44.3 Å². The van der Waals surface area contributed by atoms with Gasteiger partial charge in [0.15, 0.2) is 0 Å². The summed E-state index contributed by atoms with van der Waals surface area (Å²) in [6.45, 7) is 8.51. The minimum atomic E-state index is 0.275. The minimum absolute atomic E-state index is 0.275. The van der Waals surface area contributed by atoms with Crippen molar-refractivity contribution < 1.29 is 0 Å². The van der Waals surface area contributed by atoms with E-state index in [2.05, 4.69) is 49.0 Å². The quantitative estimate of drug-likeness (QED) is 0.868. The van der Waals surface area contributed by atoms with Crippen LogP contribution in [0.25, 0.3) is 0 Å². The van der Waals surface area contributed by atoms with Gasteiger partial charge in [-0.05, 0) is 59.8 Å². The molecular formula is C16H31N5. The first-order valence-electron chi connectivity index (χ1n) is 8.14. The molecule has 1 aliphatic heterocycles. The summed E-state index contributed by atoms with van der Waals surface area (Å²) in [7, 11) is 4.41. The predicted octanol–water partition coefficient (Wildman–Crippen LogP) is 1.74. The van der Waals surface area contributed by atoms with Crippen molar-refractivity contribution >= 4 is 0 Å². The number of rotatable bonds is 6. The van der Waals surface area contributed by atoms with E-state index in [9.17, 15) is 0 Å². The van der Waals surface area contributed by atoms with Crippen LogP contribution < -0.4 is 5.73 Å². The van der Waals surface area contributed by atoms with Crippen LogP contribution in [0.2, 0.25) is 0 Å². The predicted molar refractivity (Wildman–Crippen MR) is 87.3 cm³/mol. The summed E-state index contributed by atoms with van der Waals surface area (Å²) in [5, 5.41) is 4.45. The highest BCUT2D eigenvalue weighted by atomic mass is 15.3. The largest absolute Gasteiger partial charge is 0.329 e. The monoisotopic (exact) mass is 293 g/mol. The molecule has 1 atom stereocenters. The Balaban J connectivity index is 1.95. The Morgan fingerprint density at radius 1 is 1.38 bits per heavy atom. The van der Waals surface area contributed by atoms with E-state index in [4.69, 9.17) is 5.73 Å². The molecule has 1 fully saturated rings. The van der Waals surface area contributed by atoms with E-state index < -0.39 is 0 Å². The van der Waals surface area contributed by atoms with Gasteiger partial charge in [-0.2, -0.15) is 5.10 Å². The lowest BCUT2D eigenvalue weighted by Gasteiger charge is -2.34. The molecule has 0 bridgehead atoms. The van der Waals surface area contributed by atoms with Gasteiger partial charge < -0.3 is 10.6 Å². The third kappa shape index (κ3) is 4.28. The third-order valence-corrected chi connectivity index (χ3v) is 4.67.